The molecule has 0 unspecified atom stereocenters. The van der Waals surface area contributed by atoms with Crippen LogP contribution in [0.25, 0.3) is 11.2 Å². The molecule has 0 atom stereocenters. The first-order chi connectivity index (χ1) is 9.13. The summed E-state index contributed by atoms with van der Waals surface area (Å²) in [6.45, 7) is 0. The molecule has 0 bridgehead atoms. The molecule has 0 aliphatic heterocycles. The van der Waals surface area contributed by atoms with Crippen LogP contribution in [-0.2, 0) is 0 Å². The Balaban J connectivity index is 1.97. The van der Waals surface area contributed by atoms with E-state index in [0.29, 0.717) is 10.7 Å². The van der Waals surface area contributed by atoms with E-state index >= 15 is 0 Å². The van der Waals surface area contributed by atoms with E-state index in [4.69, 9.17) is 5.73 Å². The van der Waals surface area contributed by atoms with Gasteiger partial charge in [-0.3, -0.25) is 0 Å². The van der Waals surface area contributed by atoms with Gasteiger partial charge >= 0.3 is 0 Å². The van der Waals surface area contributed by atoms with E-state index in [-0.39, 0.29) is 5.95 Å². The van der Waals surface area contributed by atoms with Gasteiger partial charge in [-0.25, -0.2) is 9.97 Å². The average molecular weight is 294 g/mol. The molecule has 0 spiro atoms. The number of nitrogens with two attached hydrogens (primary N) is 1. The molecule has 0 aromatic carbocycles. The predicted octanol–water partition coefficient (Wildman–Crippen LogP) is 1.00. The number of rotatable bonds is 3. The molecular formula is C9H10N8S2. The lowest BCUT2D eigenvalue weighted by atomic mass is 10.5. The second-order valence-electron chi connectivity index (χ2n) is 3.84. The number of aromatic amines is 1. The normalized spacial score (nSPS) is 11.1. The van der Waals surface area contributed by atoms with Gasteiger partial charge in [0.2, 0.25) is 11.1 Å². The summed E-state index contributed by atoms with van der Waals surface area (Å²) in [5, 5.41) is 9.72. The fourth-order valence-corrected chi connectivity index (χ4v) is 3.17. The van der Waals surface area contributed by atoms with E-state index in [1.54, 1.807) is 6.33 Å². The van der Waals surface area contributed by atoms with Gasteiger partial charge in [0.25, 0.3) is 0 Å². The van der Waals surface area contributed by atoms with Crippen LogP contribution in [0.1, 0.15) is 0 Å². The molecule has 0 aliphatic rings. The second-order valence-corrected chi connectivity index (χ2v) is 6.03. The topological polar surface area (TPSA) is 110 Å². The standard InChI is InChI=1S/C9H10N8S2/c1-17(2)8-15-16-9(19-8)18-6-4-5(12-3-11-4)13-7(10)14-6/h3H,1-2H3,(H3,10,11,12,13,14). The highest BCUT2D eigenvalue weighted by atomic mass is 32.2. The number of H-pyrrole nitrogens is 1. The van der Waals surface area contributed by atoms with Crippen LogP contribution < -0.4 is 10.6 Å². The first kappa shape index (κ1) is 12.1. The molecule has 19 heavy (non-hydrogen) atoms. The maximum Gasteiger partial charge on any atom is 0.223 e. The van der Waals surface area contributed by atoms with Crippen molar-refractivity contribution in [3.05, 3.63) is 6.33 Å². The smallest absolute Gasteiger partial charge is 0.223 e. The maximum atomic E-state index is 5.66. The summed E-state index contributed by atoms with van der Waals surface area (Å²) in [7, 11) is 3.84. The van der Waals surface area contributed by atoms with Gasteiger partial charge < -0.3 is 15.6 Å². The molecule has 0 fully saturated rings. The van der Waals surface area contributed by atoms with Crippen molar-refractivity contribution in [2.45, 2.75) is 9.37 Å². The van der Waals surface area contributed by atoms with Crippen LogP contribution in [0.5, 0.6) is 0 Å². The van der Waals surface area contributed by atoms with E-state index in [2.05, 4.69) is 30.1 Å². The third-order valence-electron chi connectivity index (χ3n) is 2.23. The number of hydrogen-bond donors (Lipinski definition) is 2. The van der Waals surface area contributed by atoms with Gasteiger partial charge in [0, 0.05) is 14.1 Å². The fourth-order valence-electron chi connectivity index (χ4n) is 1.40. The number of nitrogen functional groups attached to an aromatic ring is 1. The van der Waals surface area contributed by atoms with Crippen molar-refractivity contribution in [2.24, 2.45) is 0 Å². The van der Waals surface area contributed by atoms with Gasteiger partial charge in [0.1, 0.15) is 10.5 Å². The first-order valence-corrected chi connectivity index (χ1v) is 6.92. The van der Waals surface area contributed by atoms with E-state index < -0.39 is 0 Å². The van der Waals surface area contributed by atoms with Gasteiger partial charge in [-0.2, -0.15) is 4.98 Å². The van der Waals surface area contributed by atoms with E-state index in [1.807, 2.05) is 19.0 Å². The highest BCUT2D eigenvalue weighted by Crippen LogP contribution is 2.34. The number of aromatic nitrogens is 6. The van der Waals surface area contributed by atoms with E-state index in [9.17, 15) is 0 Å². The van der Waals surface area contributed by atoms with Crippen molar-refractivity contribution < 1.29 is 0 Å². The molecular weight excluding hydrogens is 284 g/mol. The summed E-state index contributed by atoms with van der Waals surface area (Å²) in [5.74, 6) is 0.194. The number of imidazole rings is 1. The van der Waals surface area contributed by atoms with Crippen LogP contribution in [0, 0.1) is 0 Å². The fraction of sp³-hybridized carbons (Fsp3) is 0.222. The van der Waals surface area contributed by atoms with Gasteiger partial charge in [-0.05, 0) is 11.8 Å². The number of fused-ring (bicyclic) bond motifs is 1. The average Bonchev–Trinajstić information content (AvgIpc) is 2.96. The Labute approximate surface area is 116 Å². The molecule has 10 heteroatoms. The Morgan fingerprint density at radius 3 is 2.89 bits per heavy atom. The van der Waals surface area contributed by atoms with Crippen LogP contribution in [-0.4, -0.2) is 44.2 Å². The first-order valence-electron chi connectivity index (χ1n) is 5.29. The largest absolute Gasteiger partial charge is 0.368 e. The molecule has 3 rings (SSSR count). The minimum atomic E-state index is 0.194. The molecule has 0 saturated carbocycles. The molecule has 3 heterocycles. The molecule has 3 N–H and O–H groups in total. The quantitative estimate of drug-likeness (QED) is 0.689. The van der Waals surface area contributed by atoms with Crippen LogP contribution in [0.4, 0.5) is 11.1 Å². The number of nitrogens with one attached hydrogen (secondary N) is 1. The molecule has 98 valence electrons. The summed E-state index contributed by atoms with van der Waals surface area (Å²) >= 11 is 2.87. The zero-order chi connectivity index (χ0) is 13.4. The summed E-state index contributed by atoms with van der Waals surface area (Å²) in [4.78, 5) is 17.2. The molecule has 0 amide bonds. The molecule has 0 radical (unpaired) electrons. The van der Waals surface area contributed by atoms with Gasteiger partial charge in [0.15, 0.2) is 9.99 Å². The Hall–Kier alpha value is -1.94. The van der Waals surface area contributed by atoms with Gasteiger partial charge in [0.05, 0.1) is 6.33 Å². The van der Waals surface area contributed by atoms with Crippen molar-refractivity contribution in [3.8, 4) is 0 Å². The van der Waals surface area contributed by atoms with Crippen LogP contribution in [0.2, 0.25) is 0 Å². The maximum absolute atomic E-state index is 5.66. The number of hydrogen-bond acceptors (Lipinski definition) is 9. The summed E-state index contributed by atoms with van der Waals surface area (Å²) < 4.78 is 0.790. The van der Waals surface area contributed by atoms with E-state index in [1.165, 1.54) is 23.1 Å². The van der Waals surface area contributed by atoms with Crippen LogP contribution in [0.3, 0.4) is 0 Å². The Bertz CT molecular complexity index is 718. The third kappa shape index (κ3) is 2.31. The monoisotopic (exact) mass is 294 g/mol. The van der Waals surface area contributed by atoms with Crippen LogP contribution >= 0.6 is 23.1 Å². The zero-order valence-corrected chi connectivity index (χ0v) is 11.8. The SMILES string of the molecule is CN(C)c1nnc(Sc2nc(N)nc3nc[nH]c23)s1. The minimum Gasteiger partial charge on any atom is -0.368 e. The third-order valence-corrected chi connectivity index (χ3v) is 4.36. The van der Waals surface area contributed by atoms with Gasteiger partial charge in [-0.1, -0.05) is 11.3 Å². The lowest BCUT2D eigenvalue weighted by Crippen LogP contribution is -2.07. The lowest BCUT2D eigenvalue weighted by Gasteiger charge is -2.03. The summed E-state index contributed by atoms with van der Waals surface area (Å²) in [6.07, 6.45) is 1.56. The van der Waals surface area contributed by atoms with Crippen molar-refractivity contribution in [1.29, 1.82) is 0 Å². The Kier molecular flexibility index (Phi) is 2.95. The van der Waals surface area contributed by atoms with Crippen molar-refractivity contribution >= 4 is 45.3 Å². The minimum absolute atomic E-state index is 0.194. The molecule has 3 aromatic rings. The molecule has 3 aromatic heterocycles. The highest BCUT2D eigenvalue weighted by molar-refractivity contribution is 8.01. The summed E-state index contributed by atoms with van der Waals surface area (Å²) in [5.41, 5.74) is 6.96. The number of anilines is 2. The number of nitrogens with zero attached hydrogens (tertiary/aromatic N) is 6. The van der Waals surface area contributed by atoms with E-state index in [0.717, 1.165) is 15.0 Å². The second kappa shape index (κ2) is 4.63. The molecule has 8 nitrogen and oxygen atoms in total. The predicted molar refractivity (Wildman–Crippen MR) is 74.5 cm³/mol. The van der Waals surface area contributed by atoms with Crippen molar-refractivity contribution in [2.75, 3.05) is 24.7 Å². The highest BCUT2D eigenvalue weighted by Gasteiger charge is 2.13. The van der Waals surface area contributed by atoms with Crippen molar-refractivity contribution in [3.63, 3.8) is 0 Å². The lowest BCUT2D eigenvalue weighted by molar-refractivity contribution is 0.970. The van der Waals surface area contributed by atoms with Gasteiger partial charge in [-0.15, -0.1) is 10.2 Å². The Morgan fingerprint density at radius 2 is 2.16 bits per heavy atom. The summed E-state index contributed by atoms with van der Waals surface area (Å²) in [6, 6.07) is 0. The molecule has 0 saturated heterocycles. The van der Waals surface area contributed by atoms with Crippen molar-refractivity contribution in [1.82, 2.24) is 30.1 Å². The Morgan fingerprint density at radius 1 is 1.32 bits per heavy atom. The zero-order valence-electron chi connectivity index (χ0n) is 10.2. The molecule has 0 aliphatic carbocycles. The van der Waals surface area contributed by atoms with Crippen LogP contribution in [0.15, 0.2) is 15.7 Å².